The summed E-state index contributed by atoms with van der Waals surface area (Å²) in [6.45, 7) is 3.75. The molecule has 0 spiro atoms. The number of amides is 2. The Morgan fingerprint density at radius 3 is 2.70 bits per heavy atom. The molecular weight excluding hydrogens is 322 g/mol. The van der Waals surface area contributed by atoms with E-state index in [4.69, 9.17) is 5.73 Å². The van der Waals surface area contributed by atoms with E-state index in [9.17, 15) is 9.59 Å². The maximum atomic E-state index is 12.0. The molecule has 1 aromatic rings. The van der Waals surface area contributed by atoms with Gasteiger partial charge in [0.15, 0.2) is 0 Å². The van der Waals surface area contributed by atoms with Gasteiger partial charge in [0.25, 0.3) is 5.91 Å². The number of benzene rings is 1. The number of nitrogens with two attached hydrogens (primary N) is 1. The van der Waals surface area contributed by atoms with Crippen LogP contribution in [0.3, 0.4) is 0 Å². The molecule has 2 rings (SSSR count). The molecule has 1 aromatic carbocycles. The second-order valence-corrected chi connectivity index (χ2v) is 6.05. The number of halogens is 1. The third-order valence-corrected chi connectivity index (χ3v) is 4.18. The van der Waals surface area contributed by atoms with Crippen molar-refractivity contribution >= 4 is 27.7 Å². The number of hydrogen-bond acceptors (Lipinski definition) is 4. The Bertz CT molecular complexity index is 511. The first-order chi connectivity index (χ1) is 9.47. The van der Waals surface area contributed by atoms with Gasteiger partial charge in [-0.1, -0.05) is 19.1 Å². The van der Waals surface area contributed by atoms with Crippen LogP contribution in [0.25, 0.3) is 0 Å². The zero-order valence-electron chi connectivity index (χ0n) is 11.3. The summed E-state index contributed by atoms with van der Waals surface area (Å²) in [5.41, 5.74) is 6.36. The van der Waals surface area contributed by atoms with Gasteiger partial charge in [-0.25, -0.2) is 0 Å². The van der Waals surface area contributed by atoms with Gasteiger partial charge in [0.2, 0.25) is 5.91 Å². The Balaban J connectivity index is 1.89. The summed E-state index contributed by atoms with van der Waals surface area (Å²) in [4.78, 5) is 25.8. The summed E-state index contributed by atoms with van der Waals surface area (Å²) < 4.78 is 0.669. The number of nitrogens with one attached hydrogen (secondary N) is 1. The zero-order valence-corrected chi connectivity index (χ0v) is 12.9. The van der Waals surface area contributed by atoms with E-state index in [-0.39, 0.29) is 24.4 Å². The van der Waals surface area contributed by atoms with Crippen LogP contribution in [-0.4, -0.2) is 42.4 Å². The number of carbonyl (C=O) groups is 2. The minimum absolute atomic E-state index is 0.0989. The Morgan fingerprint density at radius 2 is 2.10 bits per heavy atom. The van der Waals surface area contributed by atoms with E-state index < -0.39 is 0 Å². The van der Waals surface area contributed by atoms with Crippen molar-refractivity contribution in [1.29, 1.82) is 0 Å². The number of rotatable bonds is 3. The van der Waals surface area contributed by atoms with Crippen LogP contribution in [0.1, 0.15) is 17.3 Å². The summed E-state index contributed by atoms with van der Waals surface area (Å²) in [6, 6.07) is 7.10. The summed E-state index contributed by atoms with van der Waals surface area (Å²) in [5, 5.41) is 2.40. The minimum Gasteiger partial charge on any atom is -0.326 e. The molecule has 2 unspecified atom stereocenters. The fourth-order valence-corrected chi connectivity index (χ4v) is 2.77. The molecule has 0 radical (unpaired) electrons. The lowest BCUT2D eigenvalue weighted by atomic mass is 10.1. The van der Waals surface area contributed by atoms with E-state index in [1.165, 1.54) is 0 Å². The number of nitrogens with zero attached hydrogens (tertiary/aromatic N) is 1. The lowest BCUT2D eigenvalue weighted by molar-refractivity contribution is -0.121. The Labute approximate surface area is 126 Å². The second kappa shape index (κ2) is 6.47. The van der Waals surface area contributed by atoms with Crippen molar-refractivity contribution in [2.75, 3.05) is 19.6 Å². The minimum atomic E-state index is -0.390. The van der Waals surface area contributed by atoms with Crippen molar-refractivity contribution < 1.29 is 9.59 Å². The first-order valence-electron chi connectivity index (χ1n) is 6.54. The van der Waals surface area contributed by atoms with E-state index in [1.54, 1.807) is 18.2 Å². The summed E-state index contributed by atoms with van der Waals surface area (Å²) in [6.07, 6.45) is 0. The van der Waals surface area contributed by atoms with Crippen LogP contribution in [0.15, 0.2) is 28.7 Å². The third-order valence-electron chi connectivity index (χ3n) is 3.48. The number of imide groups is 1. The highest BCUT2D eigenvalue weighted by Crippen LogP contribution is 2.16. The van der Waals surface area contributed by atoms with Gasteiger partial charge < -0.3 is 5.73 Å². The lowest BCUT2D eigenvalue weighted by Gasteiger charge is -2.14. The molecule has 0 aliphatic carbocycles. The standard InChI is InChI=1S/C14H18BrN3O2/c1-9-6-18(7-12(9)16)8-13(19)17-14(20)10-4-2-3-5-11(10)15/h2-5,9,12H,6-8,16H2,1H3,(H,17,19,20). The van der Waals surface area contributed by atoms with Gasteiger partial charge in [-0.3, -0.25) is 19.8 Å². The molecule has 1 heterocycles. The molecule has 1 fully saturated rings. The summed E-state index contributed by atoms with van der Waals surface area (Å²) in [5.74, 6) is -0.312. The SMILES string of the molecule is CC1CN(CC(=O)NC(=O)c2ccccc2Br)CC1N. The molecule has 1 aliphatic rings. The quantitative estimate of drug-likeness (QED) is 0.860. The number of carbonyl (C=O) groups excluding carboxylic acids is 2. The van der Waals surface area contributed by atoms with Crippen LogP contribution >= 0.6 is 15.9 Å². The van der Waals surface area contributed by atoms with Crippen LogP contribution in [0.4, 0.5) is 0 Å². The Morgan fingerprint density at radius 1 is 1.40 bits per heavy atom. The van der Waals surface area contributed by atoms with Gasteiger partial charge in [-0.2, -0.15) is 0 Å². The maximum absolute atomic E-state index is 12.0. The van der Waals surface area contributed by atoms with Crippen LogP contribution < -0.4 is 11.1 Å². The molecule has 6 heteroatoms. The molecule has 20 heavy (non-hydrogen) atoms. The number of hydrogen-bond donors (Lipinski definition) is 2. The van der Waals surface area contributed by atoms with E-state index in [2.05, 4.69) is 28.2 Å². The highest BCUT2D eigenvalue weighted by molar-refractivity contribution is 9.10. The molecule has 0 saturated carbocycles. The number of likely N-dealkylation sites (tertiary alicyclic amines) is 1. The molecule has 108 valence electrons. The predicted octanol–water partition coefficient (Wildman–Crippen LogP) is 0.984. The molecule has 1 saturated heterocycles. The molecule has 2 amide bonds. The highest BCUT2D eigenvalue weighted by Gasteiger charge is 2.28. The van der Waals surface area contributed by atoms with Gasteiger partial charge in [0.05, 0.1) is 12.1 Å². The normalized spacial score (nSPS) is 22.8. The first-order valence-corrected chi connectivity index (χ1v) is 7.33. The van der Waals surface area contributed by atoms with E-state index in [0.29, 0.717) is 22.5 Å². The van der Waals surface area contributed by atoms with Crippen molar-refractivity contribution in [3.63, 3.8) is 0 Å². The van der Waals surface area contributed by atoms with E-state index in [0.717, 1.165) is 6.54 Å². The zero-order chi connectivity index (χ0) is 14.7. The fraction of sp³-hybridized carbons (Fsp3) is 0.429. The monoisotopic (exact) mass is 339 g/mol. The van der Waals surface area contributed by atoms with Gasteiger partial charge in [0, 0.05) is 23.6 Å². The molecule has 0 aromatic heterocycles. The molecule has 0 bridgehead atoms. The molecular formula is C14H18BrN3O2. The second-order valence-electron chi connectivity index (χ2n) is 5.19. The van der Waals surface area contributed by atoms with Crippen molar-refractivity contribution in [1.82, 2.24) is 10.2 Å². The molecule has 3 N–H and O–H groups in total. The van der Waals surface area contributed by atoms with Crippen molar-refractivity contribution in [3.8, 4) is 0 Å². The van der Waals surface area contributed by atoms with Crippen LogP contribution in [-0.2, 0) is 4.79 Å². The Kier molecular flexibility index (Phi) is 4.91. The average molecular weight is 340 g/mol. The van der Waals surface area contributed by atoms with Crippen molar-refractivity contribution in [3.05, 3.63) is 34.3 Å². The fourth-order valence-electron chi connectivity index (χ4n) is 2.31. The highest BCUT2D eigenvalue weighted by atomic mass is 79.9. The van der Waals surface area contributed by atoms with Crippen molar-refractivity contribution in [2.24, 2.45) is 11.7 Å². The largest absolute Gasteiger partial charge is 0.326 e. The van der Waals surface area contributed by atoms with E-state index >= 15 is 0 Å². The molecule has 2 atom stereocenters. The topological polar surface area (TPSA) is 75.4 Å². The maximum Gasteiger partial charge on any atom is 0.259 e. The van der Waals surface area contributed by atoms with Gasteiger partial charge in [-0.05, 0) is 34.0 Å². The van der Waals surface area contributed by atoms with E-state index in [1.807, 2.05) is 11.0 Å². The Hall–Kier alpha value is -1.24. The average Bonchev–Trinajstić information content (AvgIpc) is 2.68. The van der Waals surface area contributed by atoms with Gasteiger partial charge in [-0.15, -0.1) is 0 Å². The summed E-state index contributed by atoms with van der Waals surface area (Å²) in [7, 11) is 0. The lowest BCUT2D eigenvalue weighted by Crippen LogP contribution is -2.40. The third kappa shape index (κ3) is 3.65. The van der Waals surface area contributed by atoms with Crippen LogP contribution in [0.5, 0.6) is 0 Å². The molecule has 1 aliphatic heterocycles. The van der Waals surface area contributed by atoms with Gasteiger partial charge in [0.1, 0.15) is 0 Å². The van der Waals surface area contributed by atoms with Gasteiger partial charge >= 0.3 is 0 Å². The van der Waals surface area contributed by atoms with Crippen molar-refractivity contribution in [2.45, 2.75) is 13.0 Å². The molecule has 5 nitrogen and oxygen atoms in total. The smallest absolute Gasteiger partial charge is 0.259 e. The summed E-state index contributed by atoms with van der Waals surface area (Å²) >= 11 is 3.29. The van der Waals surface area contributed by atoms with Crippen LogP contribution in [0.2, 0.25) is 0 Å². The predicted molar refractivity (Wildman–Crippen MR) is 80.2 cm³/mol. The first kappa shape index (κ1) is 15.2. The van der Waals surface area contributed by atoms with Crippen LogP contribution in [0, 0.1) is 5.92 Å².